The molecule has 3 rings (SSSR count). The number of nitriles is 2. The number of carbonyl (C=O) groups is 1. The van der Waals surface area contributed by atoms with E-state index in [1.165, 1.54) is 0 Å². The van der Waals surface area contributed by atoms with Gasteiger partial charge in [0.25, 0.3) is 0 Å². The normalized spacial score (nSPS) is 16.3. The van der Waals surface area contributed by atoms with Gasteiger partial charge < -0.3 is 10.1 Å². The molecule has 1 saturated heterocycles. The standard InChI is InChI=1S/C24H26N4O2/c1-28(2)24(11-13-30-14-12-24)23(29)27-22(17-26)15-18-3-7-20(8-4-18)21-9-5-19(16-25)6-10-21/h3-10,22H,11-15H2,1-2H3,(H,27,29). The molecule has 1 amide bonds. The van der Waals surface area contributed by atoms with Gasteiger partial charge in [0.15, 0.2) is 0 Å². The number of rotatable bonds is 6. The van der Waals surface area contributed by atoms with E-state index in [2.05, 4.69) is 17.5 Å². The van der Waals surface area contributed by atoms with Gasteiger partial charge in [-0.1, -0.05) is 36.4 Å². The quantitative estimate of drug-likeness (QED) is 0.803. The molecule has 0 spiro atoms. The van der Waals surface area contributed by atoms with E-state index in [4.69, 9.17) is 10.00 Å². The van der Waals surface area contributed by atoms with Crippen LogP contribution in [0.15, 0.2) is 48.5 Å². The number of carbonyl (C=O) groups excluding carboxylic acids is 1. The molecule has 2 aromatic carbocycles. The summed E-state index contributed by atoms with van der Waals surface area (Å²) in [5.41, 5.74) is 3.04. The van der Waals surface area contributed by atoms with Crippen molar-refractivity contribution in [2.45, 2.75) is 30.8 Å². The highest BCUT2D eigenvalue weighted by molar-refractivity contribution is 5.87. The maximum Gasteiger partial charge on any atom is 0.241 e. The van der Waals surface area contributed by atoms with Crippen molar-refractivity contribution in [1.29, 1.82) is 10.5 Å². The molecule has 154 valence electrons. The van der Waals surface area contributed by atoms with Crippen LogP contribution in [-0.2, 0) is 16.0 Å². The Morgan fingerprint density at radius 1 is 1.07 bits per heavy atom. The van der Waals surface area contributed by atoms with E-state index in [0.717, 1.165) is 16.7 Å². The summed E-state index contributed by atoms with van der Waals surface area (Å²) in [6.45, 7) is 1.08. The minimum atomic E-state index is -0.632. The van der Waals surface area contributed by atoms with Crippen molar-refractivity contribution < 1.29 is 9.53 Å². The van der Waals surface area contributed by atoms with Crippen LogP contribution in [0.1, 0.15) is 24.0 Å². The van der Waals surface area contributed by atoms with Gasteiger partial charge in [0.1, 0.15) is 11.6 Å². The van der Waals surface area contributed by atoms with Gasteiger partial charge in [-0.25, -0.2) is 0 Å². The Morgan fingerprint density at radius 2 is 1.63 bits per heavy atom. The van der Waals surface area contributed by atoms with Crippen molar-refractivity contribution >= 4 is 5.91 Å². The SMILES string of the molecule is CN(C)C1(C(=O)NC(C#N)Cc2ccc(-c3ccc(C#N)cc3)cc2)CCOCC1. The fraction of sp³-hybridized carbons (Fsp3) is 0.375. The van der Waals surface area contributed by atoms with Crippen molar-refractivity contribution in [2.24, 2.45) is 0 Å². The second-order valence-corrected chi connectivity index (χ2v) is 7.78. The molecule has 1 atom stereocenters. The lowest BCUT2D eigenvalue weighted by atomic mass is 9.87. The van der Waals surface area contributed by atoms with Crippen LogP contribution in [0.3, 0.4) is 0 Å². The van der Waals surface area contributed by atoms with Gasteiger partial charge in [-0.05, 0) is 55.8 Å². The van der Waals surface area contributed by atoms with Gasteiger partial charge in [-0.3, -0.25) is 9.69 Å². The van der Waals surface area contributed by atoms with Gasteiger partial charge in [0, 0.05) is 19.6 Å². The molecular weight excluding hydrogens is 376 g/mol. The Bertz CT molecular complexity index is 947. The Labute approximate surface area is 177 Å². The van der Waals surface area contributed by atoms with Crippen molar-refractivity contribution in [2.75, 3.05) is 27.3 Å². The zero-order valence-electron chi connectivity index (χ0n) is 17.4. The molecule has 6 nitrogen and oxygen atoms in total. The highest BCUT2D eigenvalue weighted by Crippen LogP contribution is 2.26. The van der Waals surface area contributed by atoms with Crippen molar-refractivity contribution in [3.8, 4) is 23.3 Å². The summed E-state index contributed by atoms with van der Waals surface area (Å²) in [6, 6.07) is 19.1. The minimum absolute atomic E-state index is 0.114. The maximum atomic E-state index is 13.0. The van der Waals surface area contributed by atoms with E-state index in [1.807, 2.05) is 55.4 Å². The average molecular weight is 402 g/mol. The molecule has 0 aliphatic carbocycles. The Balaban J connectivity index is 1.67. The molecule has 1 heterocycles. The molecular formula is C24H26N4O2. The predicted molar refractivity (Wildman–Crippen MR) is 114 cm³/mol. The van der Waals surface area contributed by atoms with Gasteiger partial charge in [-0.2, -0.15) is 10.5 Å². The Morgan fingerprint density at radius 3 is 2.13 bits per heavy atom. The number of ether oxygens (including phenoxy) is 1. The van der Waals surface area contributed by atoms with Crippen LogP contribution in [0.25, 0.3) is 11.1 Å². The van der Waals surface area contributed by atoms with Crippen LogP contribution in [0.5, 0.6) is 0 Å². The molecule has 0 radical (unpaired) electrons. The van der Waals surface area contributed by atoms with Crippen LogP contribution < -0.4 is 5.32 Å². The number of nitrogens with zero attached hydrogens (tertiary/aromatic N) is 3. The van der Waals surface area contributed by atoms with E-state index < -0.39 is 11.6 Å². The monoisotopic (exact) mass is 402 g/mol. The van der Waals surface area contributed by atoms with E-state index in [-0.39, 0.29) is 5.91 Å². The molecule has 1 fully saturated rings. The van der Waals surface area contributed by atoms with E-state index in [1.54, 1.807) is 12.1 Å². The first-order valence-electron chi connectivity index (χ1n) is 10.0. The Kier molecular flexibility index (Phi) is 6.84. The van der Waals surface area contributed by atoms with Crippen LogP contribution >= 0.6 is 0 Å². The molecule has 0 saturated carbocycles. The molecule has 1 aliphatic rings. The van der Waals surface area contributed by atoms with Crippen LogP contribution in [0, 0.1) is 22.7 Å². The van der Waals surface area contributed by atoms with Gasteiger partial charge >= 0.3 is 0 Å². The summed E-state index contributed by atoms with van der Waals surface area (Å²) in [5, 5.41) is 21.5. The first kappa shape index (κ1) is 21.5. The summed E-state index contributed by atoms with van der Waals surface area (Å²) in [4.78, 5) is 15.0. The highest BCUT2D eigenvalue weighted by atomic mass is 16.5. The lowest BCUT2D eigenvalue weighted by molar-refractivity contribution is -0.138. The van der Waals surface area contributed by atoms with Crippen LogP contribution in [-0.4, -0.2) is 49.7 Å². The third-order valence-electron chi connectivity index (χ3n) is 5.80. The third-order valence-corrected chi connectivity index (χ3v) is 5.80. The topological polar surface area (TPSA) is 89.2 Å². The summed E-state index contributed by atoms with van der Waals surface area (Å²) in [6.07, 6.45) is 1.67. The zero-order chi connectivity index (χ0) is 21.6. The molecule has 2 aromatic rings. The molecule has 0 aromatic heterocycles. The minimum Gasteiger partial charge on any atom is -0.381 e. The van der Waals surface area contributed by atoms with Gasteiger partial charge in [-0.15, -0.1) is 0 Å². The second kappa shape index (κ2) is 9.54. The van der Waals surface area contributed by atoms with Gasteiger partial charge in [0.2, 0.25) is 5.91 Å². The Hall–Kier alpha value is -3.19. The first-order chi connectivity index (χ1) is 14.5. The molecule has 1 aliphatic heterocycles. The predicted octanol–water partition coefficient (Wildman–Crippen LogP) is 2.89. The number of hydrogen-bond acceptors (Lipinski definition) is 5. The molecule has 30 heavy (non-hydrogen) atoms. The smallest absolute Gasteiger partial charge is 0.241 e. The maximum absolute atomic E-state index is 13.0. The summed E-state index contributed by atoms with van der Waals surface area (Å²) in [7, 11) is 3.79. The number of amides is 1. The molecule has 1 N–H and O–H groups in total. The van der Waals surface area contributed by atoms with Gasteiger partial charge in [0.05, 0.1) is 17.7 Å². The average Bonchev–Trinajstić information content (AvgIpc) is 2.79. The van der Waals surface area contributed by atoms with E-state index >= 15 is 0 Å². The molecule has 1 unspecified atom stereocenters. The zero-order valence-corrected chi connectivity index (χ0v) is 17.4. The summed E-state index contributed by atoms with van der Waals surface area (Å²) < 4.78 is 5.43. The summed E-state index contributed by atoms with van der Waals surface area (Å²) in [5.74, 6) is -0.114. The number of nitrogens with one attached hydrogen (secondary N) is 1. The summed E-state index contributed by atoms with van der Waals surface area (Å²) >= 11 is 0. The first-order valence-corrected chi connectivity index (χ1v) is 10.0. The number of hydrogen-bond donors (Lipinski definition) is 1. The third kappa shape index (κ3) is 4.68. The van der Waals surface area contributed by atoms with E-state index in [0.29, 0.717) is 38.0 Å². The second-order valence-electron chi connectivity index (χ2n) is 7.78. The van der Waals surface area contributed by atoms with Crippen molar-refractivity contribution in [3.05, 3.63) is 59.7 Å². The number of benzene rings is 2. The number of likely N-dealkylation sites (N-methyl/N-ethyl adjacent to an activating group) is 1. The molecule has 6 heteroatoms. The lowest BCUT2D eigenvalue weighted by Gasteiger charge is -2.41. The highest BCUT2D eigenvalue weighted by Gasteiger charge is 2.42. The molecule has 0 bridgehead atoms. The van der Waals surface area contributed by atoms with E-state index in [9.17, 15) is 10.1 Å². The van der Waals surface area contributed by atoms with Crippen LogP contribution in [0.2, 0.25) is 0 Å². The van der Waals surface area contributed by atoms with Crippen molar-refractivity contribution in [1.82, 2.24) is 10.2 Å². The fourth-order valence-corrected chi connectivity index (χ4v) is 3.81. The van der Waals surface area contributed by atoms with Crippen molar-refractivity contribution in [3.63, 3.8) is 0 Å². The lowest BCUT2D eigenvalue weighted by Crippen LogP contribution is -2.60. The van der Waals surface area contributed by atoms with Crippen LogP contribution in [0.4, 0.5) is 0 Å². The largest absolute Gasteiger partial charge is 0.381 e. The fourth-order valence-electron chi connectivity index (χ4n) is 3.81.